The Morgan fingerprint density at radius 3 is 2.50 bits per heavy atom. The summed E-state index contributed by atoms with van der Waals surface area (Å²) in [5.74, 6) is -0.910. The molecule has 0 spiro atoms. The molecule has 1 aromatic heterocycles. The van der Waals surface area contributed by atoms with E-state index in [1.807, 2.05) is 10.8 Å². The zero-order chi connectivity index (χ0) is 17.9. The predicted octanol–water partition coefficient (Wildman–Crippen LogP) is 2.91. The van der Waals surface area contributed by atoms with Gasteiger partial charge in [-0.05, 0) is 54.5 Å². The van der Waals surface area contributed by atoms with E-state index >= 15 is 0 Å². The van der Waals surface area contributed by atoms with E-state index in [4.69, 9.17) is 10.8 Å². The molecular weight excluding hydrogens is 304 g/mol. The first-order chi connectivity index (χ1) is 11.3. The van der Waals surface area contributed by atoms with Crippen molar-refractivity contribution in [3.8, 4) is 0 Å². The number of nitrogens with two attached hydrogens (primary N) is 1. The first-order valence-electron chi connectivity index (χ1n) is 8.50. The van der Waals surface area contributed by atoms with Gasteiger partial charge < -0.3 is 20.5 Å². The van der Waals surface area contributed by atoms with Gasteiger partial charge in [0.05, 0.1) is 11.1 Å². The molecule has 0 bridgehead atoms. The van der Waals surface area contributed by atoms with Crippen molar-refractivity contribution in [3.05, 3.63) is 35.0 Å². The third-order valence-corrected chi connectivity index (χ3v) is 4.36. The second-order valence-corrected chi connectivity index (χ2v) is 7.29. The Balaban J connectivity index is 2.72. The van der Waals surface area contributed by atoms with E-state index in [0.717, 1.165) is 34.9 Å². The van der Waals surface area contributed by atoms with Crippen molar-refractivity contribution in [2.24, 2.45) is 5.73 Å². The van der Waals surface area contributed by atoms with Crippen molar-refractivity contribution < 1.29 is 15.0 Å². The van der Waals surface area contributed by atoms with Crippen molar-refractivity contribution in [3.63, 3.8) is 0 Å². The highest BCUT2D eigenvalue weighted by atomic mass is 16.4. The Bertz CT molecular complexity index is 726. The van der Waals surface area contributed by atoms with Gasteiger partial charge in [0, 0.05) is 24.7 Å². The minimum Gasteiger partial charge on any atom is -0.478 e. The van der Waals surface area contributed by atoms with Gasteiger partial charge in [0.15, 0.2) is 0 Å². The van der Waals surface area contributed by atoms with E-state index in [0.29, 0.717) is 25.1 Å². The van der Waals surface area contributed by atoms with Crippen LogP contribution < -0.4 is 5.73 Å². The smallest absolute Gasteiger partial charge is 0.337 e. The number of fused-ring (bicyclic) bond motifs is 1. The van der Waals surface area contributed by atoms with Crippen molar-refractivity contribution in [2.75, 3.05) is 13.2 Å². The number of aliphatic hydroxyl groups is 1. The minimum absolute atomic E-state index is 0.125. The summed E-state index contributed by atoms with van der Waals surface area (Å²) < 4.78 is 2.00. The summed E-state index contributed by atoms with van der Waals surface area (Å²) >= 11 is 0. The number of rotatable bonds is 7. The summed E-state index contributed by atoms with van der Waals surface area (Å²) in [7, 11) is 0. The van der Waals surface area contributed by atoms with E-state index in [1.165, 1.54) is 0 Å². The van der Waals surface area contributed by atoms with Gasteiger partial charge in [-0.15, -0.1) is 0 Å². The van der Waals surface area contributed by atoms with Crippen molar-refractivity contribution in [2.45, 2.75) is 52.0 Å². The molecule has 2 aromatic rings. The van der Waals surface area contributed by atoms with Crippen molar-refractivity contribution in [1.29, 1.82) is 0 Å². The molecule has 4 N–H and O–H groups in total. The van der Waals surface area contributed by atoms with Crippen LogP contribution in [0.25, 0.3) is 10.9 Å². The molecule has 1 aromatic carbocycles. The molecule has 1 heterocycles. The second-order valence-electron chi connectivity index (χ2n) is 7.29. The topological polar surface area (TPSA) is 88.5 Å². The molecule has 0 atom stereocenters. The lowest BCUT2D eigenvalue weighted by Gasteiger charge is -2.20. The molecule has 0 aliphatic carbocycles. The van der Waals surface area contributed by atoms with E-state index in [1.54, 1.807) is 6.07 Å². The van der Waals surface area contributed by atoms with E-state index in [-0.39, 0.29) is 12.0 Å². The summed E-state index contributed by atoms with van der Waals surface area (Å²) in [5, 5.41) is 19.9. The quantitative estimate of drug-likeness (QED) is 0.727. The van der Waals surface area contributed by atoms with Crippen LogP contribution in [0.15, 0.2) is 18.3 Å². The summed E-state index contributed by atoms with van der Waals surface area (Å²) in [6.45, 7) is 7.63. The number of aryl methyl sites for hydroxylation is 2. The van der Waals surface area contributed by atoms with Gasteiger partial charge in [-0.2, -0.15) is 0 Å². The molecule has 0 saturated carbocycles. The van der Waals surface area contributed by atoms with Gasteiger partial charge >= 0.3 is 5.97 Å². The molecule has 0 aliphatic rings. The Labute approximate surface area is 143 Å². The molecule has 5 heteroatoms. The highest BCUT2D eigenvalue weighted by molar-refractivity contribution is 6.04. The molecule has 2 rings (SSSR count). The van der Waals surface area contributed by atoms with Gasteiger partial charge in [0.25, 0.3) is 0 Å². The van der Waals surface area contributed by atoms with Gasteiger partial charge in [0.2, 0.25) is 0 Å². The Kier molecular flexibility index (Phi) is 5.67. The lowest BCUT2D eigenvalue weighted by molar-refractivity contribution is 0.0698. The zero-order valence-electron chi connectivity index (χ0n) is 14.8. The van der Waals surface area contributed by atoms with E-state index in [2.05, 4.69) is 26.8 Å². The molecule has 0 unspecified atom stereocenters. The summed E-state index contributed by atoms with van der Waals surface area (Å²) in [6, 6.07) is 3.90. The molecule has 0 radical (unpaired) electrons. The second kappa shape index (κ2) is 7.36. The van der Waals surface area contributed by atoms with Gasteiger partial charge in [-0.25, -0.2) is 4.79 Å². The maximum Gasteiger partial charge on any atom is 0.337 e. The van der Waals surface area contributed by atoms with Crippen LogP contribution in [0.2, 0.25) is 0 Å². The lowest BCUT2D eigenvalue weighted by atomic mass is 9.84. The molecule has 0 fully saturated rings. The average molecular weight is 332 g/mol. The van der Waals surface area contributed by atoms with Crippen LogP contribution in [0.3, 0.4) is 0 Å². The Morgan fingerprint density at radius 2 is 1.96 bits per heavy atom. The van der Waals surface area contributed by atoms with E-state index < -0.39 is 5.97 Å². The highest BCUT2D eigenvalue weighted by Crippen LogP contribution is 2.32. The number of aromatic nitrogens is 1. The fourth-order valence-electron chi connectivity index (χ4n) is 3.01. The van der Waals surface area contributed by atoms with Crippen molar-refractivity contribution in [1.82, 2.24) is 4.57 Å². The van der Waals surface area contributed by atoms with E-state index in [9.17, 15) is 9.90 Å². The van der Waals surface area contributed by atoms with Gasteiger partial charge in [-0.1, -0.05) is 20.8 Å². The van der Waals surface area contributed by atoms with Crippen LogP contribution in [0, 0.1) is 0 Å². The number of carbonyl (C=O) groups is 1. The van der Waals surface area contributed by atoms with Crippen LogP contribution in [-0.2, 0) is 18.4 Å². The third kappa shape index (κ3) is 3.79. The maximum absolute atomic E-state index is 11.9. The SMILES string of the molecule is CC(C)(C)c1cc(C(=O)O)c2c(c1)c(CCCO)cn2CCCN. The first kappa shape index (κ1) is 18.5. The van der Waals surface area contributed by atoms with Crippen LogP contribution in [0.1, 0.15) is 55.1 Å². The molecule has 0 amide bonds. The summed E-state index contributed by atoms with van der Waals surface area (Å²) in [4.78, 5) is 11.9. The first-order valence-corrected chi connectivity index (χ1v) is 8.50. The van der Waals surface area contributed by atoms with Crippen LogP contribution in [0.4, 0.5) is 0 Å². The molecule has 0 saturated heterocycles. The van der Waals surface area contributed by atoms with Crippen molar-refractivity contribution >= 4 is 16.9 Å². The minimum atomic E-state index is -0.910. The number of aromatic carboxylic acids is 1. The largest absolute Gasteiger partial charge is 0.478 e. The summed E-state index contributed by atoms with van der Waals surface area (Å²) in [5.41, 5.74) is 8.69. The average Bonchev–Trinajstić information content (AvgIpc) is 2.87. The standard InChI is InChI=1S/C19H28N2O3/c1-19(2,3)14-10-15-13(6-4-9-22)12-21(8-5-7-20)17(15)16(11-14)18(23)24/h10-12,22H,4-9,20H2,1-3H3,(H,23,24). The third-order valence-electron chi connectivity index (χ3n) is 4.36. The Morgan fingerprint density at radius 1 is 1.25 bits per heavy atom. The summed E-state index contributed by atoms with van der Waals surface area (Å²) in [6.07, 6.45) is 4.21. The van der Waals surface area contributed by atoms with Gasteiger partial charge in [-0.3, -0.25) is 0 Å². The normalized spacial score (nSPS) is 12.0. The maximum atomic E-state index is 11.9. The number of benzene rings is 1. The molecule has 132 valence electrons. The molecule has 5 nitrogen and oxygen atoms in total. The predicted molar refractivity (Wildman–Crippen MR) is 96.7 cm³/mol. The fraction of sp³-hybridized carbons (Fsp3) is 0.526. The highest BCUT2D eigenvalue weighted by Gasteiger charge is 2.22. The zero-order valence-corrected chi connectivity index (χ0v) is 14.8. The van der Waals surface area contributed by atoms with Gasteiger partial charge in [0.1, 0.15) is 0 Å². The van der Waals surface area contributed by atoms with Crippen LogP contribution >= 0.6 is 0 Å². The van der Waals surface area contributed by atoms with Crippen LogP contribution in [-0.4, -0.2) is 33.9 Å². The number of hydrogen-bond donors (Lipinski definition) is 3. The number of aliphatic hydroxyl groups excluding tert-OH is 1. The van der Waals surface area contributed by atoms with Crippen LogP contribution in [0.5, 0.6) is 0 Å². The molecule has 0 aliphatic heterocycles. The lowest BCUT2D eigenvalue weighted by Crippen LogP contribution is -2.13. The molecular formula is C19H28N2O3. The number of nitrogens with zero attached hydrogens (tertiary/aromatic N) is 1. The number of carboxylic acids is 1. The number of hydrogen-bond acceptors (Lipinski definition) is 3. The monoisotopic (exact) mass is 332 g/mol. The Hall–Kier alpha value is -1.85. The fourth-order valence-corrected chi connectivity index (χ4v) is 3.01. The molecule has 24 heavy (non-hydrogen) atoms. The number of carboxylic acid groups (broad SMARTS) is 1.